The number of nitro benzene ring substituents is 1. The summed E-state index contributed by atoms with van der Waals surface area (Å²) in [5.41, 5.74) is 0.406. The van der Waals surface area contributed by atoms with Crippen LogP contribution in [0.4, 0.5) is 5.69 Å². The molecule has 12 heteroatoms. The van der Waals surface area contributed by atoms with Gasteiger partial charge in [-0.25, -0.2) is 4.79 Å². The van der Waals surface area contributed by atoms with E-state index in [9.17, 15) is 28.7 Å². The fourth-order valence-corrected chi connectivity index (χ4v) is 6.37. The summed E-state index contributed by atoms with van der Waals surface area (Å²) >= 11 is 0. The molecule has 4 rings (SSSR count). The van der Waals surface area contributed by atoms with Crippen LogP contribution >= 0.6 is 0 Å². The lowest BCUT2D eigenvalue weighted by Gasteiger charge is -2.47. The first-order valence-corrected chi connectivity index (χ1v) is 11.8. The van der Waals surface area contributed by atoms with Crippen LogP contribution in [0.5, 0.6) is 5.75 Å². The number of rotatable bonds is 8. The molecule has 0 saturated carbocycles. The van der Waals surface area contributed by atoms with Crippen LogP contribution in [-0.4, -0.2) is 54.2 Å². The molecule has 2 aromatic rings. The van der Waals surface area contributed by atoms with Crippen molar-refractivity contribution in [1.29, 1.82) is 0 Å². The quantitative estimate of drug-likeness (QED) is 0.249. The van der Waals surface area contributed by atoms with E-state index in [1.165, 1.54) is 24.3 Å². The van der Waals surface area contributed by atoms with Gasteiger partial charge in [-0.15, -0.1) is 0 Å². The van der Waals surface area contributed by atoms with Crippen molar-refractivity contribution in [2.75, 3.05) is 6.61 Å². The van der Waals surface area contributed by atoms with Crippen LogP contribution in [-0.2, 0) is 36.5 Å². The van der Waals surface area contributed by atoms with E-state index >= 15 is 0 Å². The monoisotopic (exact) mass is 501 g/mol. The lowest BCUT2D eigenvalue weighted by Crippen LogP contribution is -2.72. The summed E-state index contributed by atoms with van der Waals surface area (Å²) in [6, 6.07) is 12.9. The molecule has 2 fully saturated rings. The van der Waals surface area contributed by atoms with Gasteiger partial charge in [0, 0.05) is 12.1 Å². The second kappa shape index (κ2) is 9.10. The van der Waals surface area contributed by atoms with E-state index in [2.05, 4.69) is 5.32 Å². The Bertz CT molecular complexity index is 1200. The van der Waals surface area contributed by atoms with Crippen LogP contribution in [0.2, 0.25) is 0 Å². The lowest BCUT2D eigenvalue weighted by atomic mass is 9.96. The van der Waals surface area contributed by atoms with E-state index in [4.69, 9.17) is 9.47 Å². The van der Waals surface area contributed by atoms with Crippen molar-refractivity contribution in [2.24, 2.45) is 0 Å². The maximum atomic E-state index is 13.4. The number of hydrogen-bond donors (Lipinski definition) is 1. The molecular formula is C23H23N3O8S. The van der Waals surface area contributed by atoms with Gasteiger partial charge in [0.25, 0.3) is 11.6 Å². The van der Waals surface area contributed by atoms with Crippen molar-refractivity contribution in [3.8, 4) is 5.75 Å². The first kappa shape index (κ1) is 24.3. The van der Waals surface area contributed by atoms with E-state index in [1.54, 1.807) is 44.2 Å². The second-order valence-corrected chi connectivity index (χ2v) is 10.9. The van der Waals surface area contributed by atoms with Crippen molar-refractivity contribution in [3.63, 3.8) is 0 Å². The van der Waals surface area contributed by atoms with Crippen LogP contribution in [0.1, 0.15) is 25.8 Å². The number of esters is 1. The topological polar surface area (TPSA) is 145 Å². The third-order valence-corrected chi connectivity index (χ3v) is 8.18. The Labute approximate surface area is 203 Å². The molecule has 35 heavy (non-hydrogen) atoms. The molecule has 0 bridgehead atoms. The Hall–Kier alpha value is -3.80. The number of nitrogens with one attached hydrogen (secondary N) is 1. The zero-order chi connectivity index (χ0) is 25.4. The van der Waals surface area contributed by atoms with Crippen LogP contribution in [0.25, 0.3) is 0 Å². The Balaban J connectivity index is 1.46. The number of amides is 2. The van der Waals surface area contributed by atoms with Crippen molar-refractivity contribution in [2.45, 2.75) is 42.7 Å². The Morgan fingerprint density at radius 2 is 1.83 bits per heavy atom. The van der Waals surface area contributed by atoms with Gasteiger partial charge < -0.3 is 14.8 Å². The summed E-state index contributed by atoms with van der Waals surface area (Å²) in [5.74, 6) is -1.34. The molecule has 184 valence electrons. The minimum atomic E-state index is -1.83. The van der Waals surface area contributed by atoms with Gasteiger partial charge in [-0.3, -0.25) is 28.8 Å². The van der Waals surface area contributed by atoms with Gasteiger partial charge in [0.15, 0.2) is 6.61 Å². The van der Waals surface area contributed by atoms with Gasteiger partial charge in [-0.05, 0) is 43.7 Å². The highest BCUT2D eigenvalue weighted by Crippen LogP contribution is 2.50. The normalized spacial score (nSPS) is 24.2. The molecular weight excluding hydrogens is 478 g/mol. The Morgan fingerprint density at radius 3 is 2.43 bits per heavy atom. The smallest absolute Gasteiger partial charge is 0.330 e. The summed E-state index contributed by atoms with van der Waals surface area (Å²) in [4.78, 5) is 48.0. The summed E-state index contributed by atoms with van der Waals surface area (Å²) in [6.45, 7) is 2.59. The van der Waals surface area contributed by atoms with Crippen LogP contribution in [0.15, 0.2) is 54.6 Å². The number of β-lactam (4-membered cyclic amide) rings is 1. The Morgan fingerprint density at radius 1 is 1.17 bits per heavy atom. The molecule has 2 saturated heterocycles. The highest BCUT2D eigenvalue weighted by atomic mass is 32.2. The van der Waals surface area contributed by atoms with Gasteiger partial charge >= 0.3 is 5.97 Å². The maximum absolute atomic E-state index is 13.4. The maximum Gasteiger partial charge on any atom is 0.330 e. The predicted octanol–water partition coefficient (Wildman–Crippen LogP) is 1.63. The van der Waals surface area contributed by atoms with E-state index in [1.807, 2.05) is 0 Å². The zero-order valence-electron chi connectivity index (χ0n) is 19.0. The molecule has 1 N–H and O–H groups in total. The molecule has 0 spiro atoms. The van der Waals surface area contributed by atoms with Crippen molar-refractivity contribution < 1.29 is 33.0 Å². The summed E-state index contributed by atoms with van der Waals surface area (Å²) in [6.07, 6.45) is -0.216. The number of hydrogen-bond acceptors (Lipinski definition) is 8. The van der Waals surface area contributed by atoms with Crippen molar-refractivity contribution in [3.05, 3.63) is 70.3 Å². The van der Waals surface area contributed by atoms with Gasteiger partial charge in [-0.2, -0.15) is 0 Å². The highest BCUT2D eigenvalue weighted by Gasteiger charge is 2.73. The number of non-ortho nitro benzene ring substituents is 1. The molecule has 11 nitrogen and oxygen atoms in total. The van der Waals surface area contributed by atoms with Crippen LogP contribution < -0.4 is 10.1 Å². The molecule has 2 aromatic carbocycles. The third-order valence-electron chi connectivity index (χ3n) is 5.95. The average Bonchev–Trinajstić information content (AvgIpc) is 2.97. The molecule has 2 heterocycles. The zero-order valence-corrected chi connectivity index (χ0v) is 19.8. The van der Waals surface area contributed by atoms with Crippen molar-refractivity contribution in [1.82, 2.24) is 10.2 Å². The second-order valence-electron chi connectivity index (χ2n) is 8.68. The SMILES string of the molecule is CC1(C)C(C(=O)OCc2ccc([N+](=O)[O-])cc2)N2C(=O)CC2(NC(=O)COc2ccccc2)S1=O. The average molecular weight is 502 g/mol. The van der Waals surface area contributed by atoms with Crippen molar-refractivity contribution >= 4 is 34.3 Å². The number of carbonyl (C=O) groups is 3. The molecule has 2 amide bonds. The molecule has 0 radical (unpaired) electrons. The van der Waals surface area contributed by atoms with E-state index in [-0.39, 0.29) is 25.3 Å². The number of carbonyl (C=O) groups excluding carboxylic acids is 3. The number of ether oxygens (including phenoxy) is 2. The van der Waals surface area contributed by atoms with Crippen LogP contribution in [0, 0.1) is 10.1 Å². The lowest BCUT2D eigenvalue weighted by molar-refractivity contribution is -0.384. The van der Waals surface area contributed by atoms with Gasteiger partial charge in [0.2, 0.25) is 10.9 Å². The largest absolute Gasteiger partial charge is 0.484 e. The van der Waals surface area contributed by atoms with E-state index in [0.29, 0.717) is 11.3 Å². The summed E-state index contributed by atoms with van der Waals surface area (Å²) < 4.78 is 23.0. The number of para-hydroxylation sites is 1. The number of nitro groups is 1. The molecule has 0 aliphatic carbocycles. The number of fused-ring (bicyclic) bond motifs is 1. The first-order chi connectivity index (χ1) is 16.6. The predicted molar refractivity (Wildman–Crippen MR) is 123 cm³/mol. The highest BCUT2D eigenvalue weighted by molar-refractivity contribution is 7.88. The molecule has 2 aliphatic rings. The molecule has 3 atom stereocenters. The third kappa shape index (κ3) is 4.36. The van der Waals surface area contributed by atoms with Gasteiger partial charge in [0.1, 0.15) is 18.4 Å². The fraction of sp³-hybridized carbons (Fsp3) is 0.348. The summed E-state index contributed by atoms with van der Waals surface area (Å²) in [7, 11) is -1.83. The molecule has 0 aromatic heterocycles. The number of nitrogens with zero attached hydrogens (tertiary/aromatic N) is 2. The first-order valence-electron chi connectivity index (χ1n) is 10.7. The molecule has 2 aliphatic heterocycles. The van der Waals surface area contributed by atoms with Gasteiger partial charge in [0.05, 0.1) is 26.9 Å². The minimum Gasteiger partial charge on any atom is -0.484 e. The molecule has 3 unspecified atom stereocenters. The van der Waals surface area contributed by atoms with E-state index in [0.717, 1.165) is 4.90 Å². The van der Waals surface area contributed by atoms with Crippen LogP contribution in [0.3, 0.4) is 0 Å². The standard InChI is InChI=1S/C23H23N3O8S/c1-22(2)20(21(29)34-13-15-8-10-16(11-9-15)26(30)31)25-19(28)12-23(25,35(22)32)24-18(27)14-33-17-6-4-3-5-7-17/h3-11,20H,12-14H2,1-2H3,(H,24,27). The summed E-state index contributed by atoms with van der Waals surface area (Å²) in [5, 5.41) is 13.4. The fourth-order valence-electron chi connectivity index (χ4n) is 4.25. The van der Waals surface area contributed by atoms with E-state index < -0.39 is 49.3 Å². The minimum absolute atomic E-state index is 0.102. The number of benzene rings is 2. The van der Waals surface area contributed by atoms with Gasteiger partial charge in [-0.1, -0.05) is 18.2 Å². The Kier molecular flexibility index (Phi) is 6.32.